The first kappa shape index (κ1) is 28.6. The van der Waals surface area contributed by atoms with Gasteiger partial charge in [-0.1, -0.05) is 146 Å². The first-order valence-corrected chi connectivity index (χ1v) is 17.4. The summed E-state index contributed by atoms with van der Waals surface area (Å²) in [5.74, 6) is 1.83. The fourth-order valence-electron chi connectivity index (χ4n) is 6.99. The van der Waals surface area contributed by atoms with Gasteiger partial charge in [-0.25, -0.2) is 15.0 Å². The lowest BCUT2D eigenvalue weighted by atomic mass is 9.98. The monoisotopic (exact) mass is 657 g/mol. The Morgan fingerprint density at radius 1 is 0.380 bits per heavy atom. The number of thiophene rings is 1. The normalized spacial score (nSPS) is 11.6. The number of para-hydroxylation sites is 2. The molecule has 0 saturated carbocycles. The van der Waals surface area contributed by atoms with Crippen LogP contribution in [-0.4, -0.2) is 15.0 Å². The number of fused-ring (bicyclic) bond motifs is 6. The molecule has 0 aliphatic carbocycles. The zero-order valence-electron chi connectivity index (χ0n) is 26.7. The molecule has 7 aromatic carbocycles. The molecule has 5 heteroatoms. The summed E-state index contributed by atoms with van der Waals surface area (Å²) in [6.07, 6.45) is 0. The molecule has 10 aromatic rings. The molecule has 4 nitrogen and oxygen atoms in total. The van der Waals surface area contributed by atoms with Gasteiger partial charge in [-0.15, -0.1) is 11.3 Å². The highest BCUT2D eigenvalue weighted by Gasteiger charge is 2.20. The molecule has 0 radical (unpaired) electrons. The zero-order chi connectivity index (χ0) is 33.0. The summed E-state index contributed by atoms with van der Waals surface area (Å²) >= 11 is 1.81. The number of benzene rings is 7. The Bertz CT molecular complexity index is 2860. The van der Waals surface area contributed by atoms with E-state index in [1.165, 1.54) is 37.0 Å². The van der Waals surface area contributed by atoms with Gasteiger partial charge in [0.2, 0.25) is 0 Å². The minimum atomic E-state index is 0.578. The van der Waals surface area contributed by atoms with E-state index in [0.29, 0.717) is 17.5 Å². The average molecular weight is 658 g/mol. The molecule has 234 valence electrons. The Morgan fingerprint density at radius 3 is 1.74 bits per heavy atom. The summed E-state index contributed by atoms with van der Waals surface area (Å²) in [5, 5.41) is 4.44. The highest BCUT2D eigenvalue weighted by atomic mass is 32.1. The minimum Gasteiger partial charge on any atom is -0.455 e. The van der Waals surface area contributed by atoms with Crippen molar-refractivity contribution in [3.05, 3.63) is 164 Å². The summed E-state index contributed by atoms with van der Waals surface area (Å²) in [6, 6.07) is 56.8. The molecule has 10 rings (SSSR count). The van der Waals surface area contributed by atoms with E-state index in [1.807, 2.05) is 72.0 Å². The molecule has 0 aliphatic heterocycles. The van der Waals surface area contributed by atoms with Crippen LogP contribution >= 0.6 is 11.3 Å². The highest BCUT2D eigenvalue weighted by molar-refractivity contribution is 7.26. The van der Waals surface area contributed by atoms with Crippen LogP contribution in [0.1, 0.15) is 0 Å². The van der Waals surface area contributed by atoms with E-state index in [-0.39, 0.29) is 0 Å². The number of furan rings is 1. The van der Waals surface area contributed by atoms with Crippen molar-refractivity contribution in [3.63, 3.8) is 0 Å². The zero-order valence-corrected chi connectivity index (χ0v) is 27.6. The average Bonchev–Trinajstić information content (AvgIpc) is 3.77. The standard InChI is InChI=1S/C45H27N3OS/c1-3-12-28(13-4-1)29-24-26-30(27-25-29)32-17-9-19-35-40-36(20-11-23-39(40)50-42(32)35)44-46-43(31-14-5-2-6-15-31)47-45(48-44)37-21-10-18-34-33-16-7-8-22-38(33)49-41(34)37/h1-27H. The number of rotatable bonds is 5. The van der Waals surface area contributed by atoms with Crippen molar-refractivity contribution in [1.29, 1.82) is 0 Å². The van der Waals surface area contributed by atoms with Crippen LogP contribution in [0, 0.1) is 0 Å². The lowest BCUT2D eigenvalue weighted by molar-refractivity contribution is 0.669. The summed E-state index contributed by atoms with van der Waals surface area (Å²) in [7, 11) is 0. The van der Waals surface area contributed by atoms with E-state index in [1.54, 1.807) is 0 Å². The van der Waals surface area contributed by atoms with E-state index in [0.717, 1.165) is 44.0 Å². The Balaban J connectivity index is 1.17. The molecule has 0 fully saturated rings. The second kappa shape index (κ2) is 11.6. The van der Waals surface area contributed by atoms with Crippen molar-refractivity contribution < 1.29 is 4.42 Å². The molecule has 50 heavy (non-hydrogen) atoms. The van der Waals surface area contributed by atoms with E-state index in [4.69, 9.17) is 19.4 Å². The maximum Gasteiger partial charge on any atom is 0.167 e. The summed E-state index contributed by atoms with van der Waals surface area (Å²) < 4.78 is 8.86. The third-order valence-corrected chi connectivity index (χ3v) is 10.6. The molecule has 0 amide bonds. The Hall–Kier alpha value is -6.43. The van der Waals surface area contributed by atoms with Gasteiger partial charge >= 0.3 is 0 Å². The molecule has 0 aliphatic rings. The molecule has 0 N–H and O–H groups in total. The fraction of sp³-hybridized carbons (Fsp3) is 0. The van der Waals surface area contributed by atoms with Gasteiger partial charge in [0.15, 0.2) is 17.5 Å². The van der Waals surface area contributed by atoms with E-state index in [9.17, 15) is 0 Å². The van der Waals surface area contributed by atoms with Crippen LogP contribution < -0.4 is 0 Å². The van der Waals surface area contributed by atoms with Gasteiger partial charge in [0.1, 0.15) is 11.2 Å². The summed E-state index contributed by atoms with van der Waals surface area (Å²) in [6.45, 7) is 0. The van der Waals surface area contributed by atoms with Crippen molar-refractivity contribution in [2.75, 3.05) is 0 Å². The second-order valence-electron chi connectivity index (χ2n) is 12.4. The van der Waals surface area contributed by atoms with E-state index in [2.05, 4.69) is 103 Å². The fourth-order valence-corrected chi connectivity index (χ4v) is 8.26. The molecule has 0 atom stereocenters. The summed E-state index contributed by atoms with van der Waals surface area (Å²) in [5.41, 5.74) is 9.18. The van der Waals surface area contributed by atoms with Gasteiger partial charge in [0.25, 0.3) is 0 Å². The maximum atomic E-state index is 6.43. The van der Waals surface area contributed by atoms with Crippen LogP contribution in [0.2, 0.25) is 0 Å². The highest BCUT2D eigenvalue weighted by Crippen LogP contribution is 2.44. The minimum absolute atomic E-state index is 0.578. The Morgan fingerprint density at radius 2 is 0.940 bits per heavy atom. The maximum absolute atomic E-state index is 6.43. The third kappa shape index (κ3) is 4.71. The Labute approximate surface area is 292 Å². The molecular weight excluding hydrogens is 631 g/mol. The second-order valence-corrected chi connectivity index (χ2v) is 13.4. The molecule has 0 spiro atoms. The van der Waals surface area contributed by atoms with Crippen molar-refractivity contribution in [1.82, 2.24) is 15.0 Å². The van der Waals surface area contributed by atoms with Crippen LogP contribution in [0.5, 0.6) is 0 Å². The van der Waals surface area contributed by atoms with Gasteiger partial charge in [-0.05, 0) is 40.5 Å². The van der Waals surface area contributed by atoms with Crippen LogP contribution in [-0.2, 0) is 0 Å². The summed E-state index contributed by atoms with van der Waals surface area (Å²) in [4.78, 5) is 15.4. The molecule has 0 bridgehead atoms. The third-order valence-electron chi connectivity index (χ3n) is 9.38. The number of aromatic nitrogens is 3. The largest absolute Gasteiger partial charge is 0.455 e. The predicted molar refractivity (Wildman–Crippen MR) is 207 cm³/mol. The lowest BCUT2D eigenvalue weighted by Crippen LogP contribution is -2.00. The van der Waals surface area contributed by atoms with Gasteiger partial charge in [0.05, 0.1) is 5.56 Å². The molecule has 0 unspecified atom stereocenters. The molecule has 3 heterocycles. The van der Waals surface area contributed by atoms with Crippen molar-refractivity contribution in [3.8, 4) is 56.4 Å². The predicted octanol–water partition coefficient (Wildman–Crippen LogP) is 12.5. The van der Waals surface area contributed by atoms with Crippen molar-refractivity contribution in [2.24, 2.45) is 0 Å². The van der Waals surface area contributed by atoms with E-state index < -0.39 is 0 Å². The van der Waals surface area contributed by atoms with Crippen molar-refractivity contribution >= 4 is 53.4 Å². The van der Waals surface area contributed by atoms with Crippen LogP contribution in [0.25, 0.3) is 98.5 Å². The number of nitrogens with zero attached hydrogens (tertiary/aromatic N) is 3. The first-order valence-electron chi connectivity index (χ1n) is 16.6. The quantitative estimate of drug-likeness (QED) is 0.185. The molecular formula is C45H27N3OS. The van der Waals surface area contributed by atoms with Gasteiger partial charge in [-0.2, -0.15) is 0 Å². The van der Waals surface area contributed by atoms with Gasteiger partial charge < -0.3 is 4.42 Å². The topological polar surface area (TPSA) is 51.8 Å². The van der Waals surface area contributed by atoms with Crippen molar-refractivity contribution in [2.45, 2.75) is 0 Å². The number of hydrogen-bond acceptors (Lipinski definition) is 5. The van der Waals surface area contributed by atoms with Gasteiger partial charge in [-0.3, -0.25) is 0 Å². The smallest absolute Gasteiger partial charge is 0.167 e. The molecule has 3 aromatic heterocycles. The molecule has 0 saturated heterocycles. The number of hydrogen-bond donors (Lipinski definition) is 0. The lowest BCUT2D eigenvalue weighted by Gasteiger charge is -2.10. The van der Waals surface area contributed by atoms with Crippen LogP contribution in [0.15, 0.2) is 168 Å². The van der Waals surface area contributed by atoms with Gasteiger partial charge in [0, 0.05) is 42.1 Å². The Kier molecular flexibility index (Phi) is 6.64. The van der Waals surface area contributed by atoms with Crippen LogP contribution in [0.4, 0.5) is 0 Å². The SMILES string of the molecule is c1ccc(-c2ccc(-c3cccc4c3sc3cccc(-c5nc(-c6ccccc6)nc(-c6cccc7c6oc6ccccc67)n5)c34)cc2)cc1. The van der Waals surface area contributed by atoms with Crippen LogP contribution in [0.3, 0.4) is 0 Å². The van der Waals surface area contributed by atoms with E-state index >= 15 is 0 Å². The first-order chi connectivity index (χ1) is 24.8.